The fraction of sp³-hybridized carbons (Fsp3) is 0.333. The van der Waals surface area contributed by atoms with Crippen LogP contribution < -0.4 is 9.47 Å². The van der Waals surface area contributed by atoms with Crippen molar-refractivity contribution in [2.75, 3.05) is 52.5 Å². The molecule has 3 aromatic rings. The van der Waals surface area contributed by atoms with Gasteiger partial charge in [0.05, 0.1) is 36.5 Å². The molecule has 1 saturated heterocycles. The van der Waals surface area contributed by atoms with E-state index in [9.17, 15) is 0 Å². The Morgan fingerprint density at radius 2 is 0.917 bits per heavy atom. The molecule has 0 atom stereocenters. The summed E-state index contributed by atoms with van der Waals surface area (Å²) in [6.07, 6.45) is 2.01. The van der Waals surface area contributed by atoms with Crippen molar-refractivity contribution in [3.05, 3.63) is 83.9 Å². The van der Waals surface area contributed by atoms with Crippen LogP contribution in [0.1, 0.15) is 24.0 Å². The van der Waals surface area contributed by atoms with Gasteiger partial charge in [-0.15, -0.1) is 0 Å². The van der Waals surface area contributed by atoms with Crippen LogP contribution in [0.2, 0.25) is 0 Å². The van der Waals surface area contributed by atoms with E-state index in [0.717, 1.165) is 74.7 Å². The van der Waals surface area contributed by atoms with Gasteiger partial charge in [-0.2, -0.15) is 10.5 Å². The van der Waals surface area contributed by atoms with Crippen molar-refractivity contribution in [2.45, 2.75) is 12.8 Å². The van der Waals surface area contributed by atoms with Crippen LogP contribution in [-0.2, 0) is 0 Å². The highest BCUT2D eigenvalue weighted by atomic mass is 16.5. The first-order valence-electron chi connectivity index (χ1n) is 12.5. The number of hydrogen-bond acceptors (Lipinski definition) is 6. The monoisotopic (exact) mass is 480 g/mol. The number of piperazine rings is 1. The molecule has 1 aliphatic heterocycles. The van der Waals surface area contributed by atoms with Crippen LogP contribution in [0.4, 0.5) is 0 Å². The Hall–Kier alpha value is -3.84. The van der Waals surface area contributed by atoms with Gasteiger partial charge in [-0.25, -0.2) is 0 Å². The summed E-state index contributed by atoms with van der Waals surface area (Å²) in [4.78, 5) is 5.02. The van der Waals surface area contributed by atoms with Crippen molar-refractivity contribution in [1.82, 2.24) is 9.80 Å². The van der Waals surface area contributed by atoms with Crippen molar-refractivity contribution in [1.29, 1.82) is 10.5 Å². The standard InChI is InChI=1S/C30H32N4O2/c31-23-25-3-7-27(8-4-25)28-9-13-30(14-10-28)36-22-2-16-34-19-17-33(18-20-34)15-1-21-35-29-11-5-26(24-32)6-12-29/h3-14H,1-2,15-22H2. The zero-order chi connectivity index (χ0) is 25.0. The predicted octanol–water partition coefficient (Wildman–Crippen LogP) is 4.95. The summed E-state index contributed by atoms with van der Waals surface area (Å²) in [6, 6.07) is 27.3. The van der Waals surface area contributed by atoms with E-state index in [2.05, 4.69) is 34.1 Å². The van der Waals surface area contributed by atoms with Crippen LogP contribution in [0.3, 0.4) is 0 Å². The summed E-state index contributed by atoms with van der Waals surface area (Å²) < 4.78 is 11.7. The Bertz CT molecular complexity index is 1150. The summed E-state index contributed by atoms with van der Waals surface area (Å²) in [5.74, 6) is 1.71. The van der Waals surface area contributed by atoms with E-state index in [-0.39, 0.29) is 0 Å². The molecule has 0 spiro atoms. The van der Waals surface area contributed by atoms with Gasteiger partial charge in [0.25, 0.3) is 0 Å². The maximum Gasteiger partial charge on any atom is 0.119 e. The molecule has 1 aliphatic rings. The highest BCUT2D eigenvalue weighted by Crippen LogP contribution is 2.23. The van der Waals surface area contributed by atoms with E-state index in [1.54, 1.807) is 12.1 Å². The lowest BCUT2D eigenvalue weighted by Gasteiger charge is -2.34. The largest absolute Gasteiger partial charge is 0.494 e. The zero-order valence-electron chi connectivity index (χ0n) is 20.6. The van der Waals surface area contributed by atoms with Crippen molar-refractivity contribution in [3.63, 3.8) is 0 Å². The third-order valence-corrected chi connectivity index (χ3v) is 6.42. The van der Waals surface area contributed by atoms with E-state index in [1.807, 2.05) is 48.5 Å². The molecule has 0 aromatic heterocycles. The van der Waals surface area contributed by atoms with E-state index in [4.69, 9.17) is 20.0 Å². The molecule has 0 radical (unpaired) electrons. The molecule has 0 bridgehead atoms. The maximum absolute atomic E-state index is 8.94. The average molecular weight is 481 g/mol. The summed E-state index contributed by atoms with van der Waals surface area (Å²) >= 11 is 0. The van der Waals surface area contributed by atoms with Crippen molar-refractivity contribution in [2.24, 2.45) is 0 Å². The van der Waals surface area contributed by atoms with Crippen molar-refractivity contribution >= 4 is 0 Å². The number of hydrogen-bond donors (Lipinski definition) is 0. The average Bonchev–Trinajstić information content (AvgIpc) is 2.95. The Kier molecular flexibility index (Phi) is 9.33. The fourth-order valence-electron chi connectivity index (χ4n) is 4.30. The maximum atomic E-state index is 8.94. The molecule has 184 valence electrons. The van der Waals surface area contributed by atoms with Crippen LogP contribution in [0.15, 0.2) is 72.8 Å². The molecule has 6 nitrogen and oxygen atoms in total. The molecular formula is C30H32N4O2. The van der Waals surface area contributed by atoms with Crippen LogP contribution in [0, 0.1) is 22.7 Å². The molecule has 0 amide bonds. The summed E-state index contributed by atoms with van der Waals surface area (Å²) in [5.41, 5.74) is 3.54. The fourth-order valence-corrected chi connectivity index (χ4v) is 4.30. The smallest absolute Gasteiger partial charge is 0.119 e. The molecule has 0 unspecified atom stereocenters. The quantitative estimate of drug-likeness (QED) is 0.362. The number of benzene rings is 3. The molecule has 0 aliphatic carbocycles. The van der Waals surface area contributed by atoms with Gasteiger partial charge >= 0.3 is 0 Å². The van der Waals surface area contributed by atoms with Crippen molar-refractivity contribution < 1.29 is 9.47 Å². The highest BCUT2D eigenvalue weighted by Gasteiger charge is 2.16. The Morgan fingerprint density at radius 3 is 1.33 bits per heavy atom. The number of nitrogens with zero attached hydrogens (tertiary/aromatic N) is 4. The molecule has 36 heavy (non-hydrogen) atoms. The van der Waals surface area contributed by atoms with Crippen LogP contribution in [0.5, 0.6) is 11.5 Å². The van der Waals surface area contributed by atoms with Crippen LogP contribution >= 0.6 is 0 Å². The number of ether oxygens (including phenoxy) is 2. The molecule has 4 rings (SSSR count). The molecule has 6 heteroatoms. The first-order valence-corrected chi connectivity index (χ1v) is 12.5. The van der Waals surface area contributed by atoms with Crippen LogP contribution in [-0.4, -0.2) is 62.3 Å². The van der Waals surface area contributed by atoms with Gasteiger partial charge in [-0.1, -0.05) is 24.3 Å². The van der Waals surface area contributed by atoms with Crippen LogP contribution in [0.25, 0.3) is 11.1 Å². The van der Waals surface area contributed by atoms with Crippen molar-refractivity contribution in [3.8, 4) is 34.8 Å². The lowest BCUT2D eigenvalue weighted by molar-refractivity contribution is 0.120. The predicted molar refractivity (Wildman–Crippen MR) is 141 cm³/mol. The summed E-state index contributed by atoms with van der Waals surface area (Å²) in [6.45, 7) is 7.88. The van der Waals surface area contributed by atoms with E-state index in [1.165, 1.54) is 0 Å². The third-order valence-electron chi connectivity index (χ3n) is 6.42. The zero-order valence-corrected chi connectivity index (χ0v) is 20.6. The molecule has 0 saturated carbocycles. The highest BCUT2D eigenvalue weighted by molar-refractivity contribution is 5.64. The second-order valence-electron chi connectivity index (χ2n) is 8.94. The molecule has 1 fully saturated rings. The number of rotatable bonds is 11. The van der Waals surface area contributed by atoms with Gasteiger partial charge in [0.15, 0.2) is 0 Å². The Balaban J connectivity index is 1.06. The second-order valence-corrected chi connectivity index (χ2v) is 8.94. The van der Waals surface area contributed by atoms with E-state index < -0.39 is 0 Å². The van der Waals surface area contributed by atoms with Gasteiger partial charge in [-0.05, 0) is 72.5 Å². The summed E-state index contributed by atoms with van der Waals surface area (Å²) in [7, 11) is 0. The van der Waals surface area contributed by atoms with Gasteiger partial charge in [0.1, 0.15) is 11.5 Å². The molecular weight excluding hydrogens is 448 g/mol. The Labute approximate surface area is 213 Å². The first-order chi connectivity index (χ1) is 17.7. The molecule has 3 aromatic carbocycles. The van der Waals surface area contributed by atoms with Gasteiger partial charge in [-0.3, -0.25) is 0 Å². The van der Waals surface area contributed by atoms with Gasteiger partial charge < -0.3 is 19.3 Å². The minimum absolute atomic E-state index is 0.654. The van der Waals surface area contributed by atoms with Gasteiger partial charge in [0.2, 0.25) is 0 Å². The lowest BCUT2D eigenvalue weighted by atomic mass is 10.0. The topological polar surface area (TPSA) is 72.5 Å². The minimum Gasteiger partial charge on any atom is -0.494 e. The third kappa shape index (κ3) is 7.58. The van der Waals surface area contributed by atoms with Gasteiger partial charge in [0, 0.05) is 39.3 Å². The molecule has 1 heterocycles. The number of nitriles is 2. The lowest BCUT2D eigenvalue weighted by Crippen LogP contribution is -2.47. The van der Waals surface area contributed by atoms with E-state index >= 15 is 0 Å². The normalized spacial score (nSPS) is 14.1. The SMILES string of the molecule is N#Cc1ccc(OCCCN2CCN(CCCOc3ccc(-c4ccc(C#N)cc4)cc3)CC2)cc1. The molecule has 0 N–H and O–H groups in total. The summed E-state index contributed by atoms with van der Waals surface area (Å²) in [5, 5.41) is 17.8. The van der Waals surface area contributed by atoms with E-state index in [0.29, 0.717) is 24.3 Å². The first kappa shape index (κ1) is 25.3. The Morgan fingerprint density at radius 1 is 0.556 bits per heavy atom. The minimum atomic E-state index is 0.654. The second kappa shape index (κ2) is 13.3.